The van der Waals surface area contributed by atoms with Crippen LogP contribution in [0.3, 0.4) is 0 Å². The molecule has 0 atom stereocenters. The Morgan fingerprint density at radius 1 is 1.47 bits per heavy atom. The molecule has 1 rings (SSSR count). The average molecular weight is 240 g/mol. The average Bonchev–Trinajstić information content (AvgIpc) is 2.52. The molecule has 5 nitrogen and oxygen atoms in total. The van der Waals surface area contributed by atoms with Crippen molar-refractivity contribution in [3.63, 3.8) is 0 Å². The number of unbranched alkanes of at least 4 members (excludes halogenated alkanes) is 1. The molecule has 0 aliphatic rings. The highest BCUT2D eigenvalue weighted by Gasteiger charge is 2.30. The van der Waals surface area contributed by atoms with Gasteiger partial charge in [-0.25, -0.2) is 9.78 Å². The van der Waals surface area contributed by atoms with Gasteiger partial charge in [-0.3, -0.25) is 0 Å². The summed E-state index contributed by atoms with van der Waals surface area (Å²) in [4.78, 5) is 15.5. The standard InChI is InChI=1S/C12H20N2O3/c1-5-6-7-8-13-10(12(2,3)17)9(11(15)16)14(8)4/h17H,5-7H2,1-4H3,(H,15,16). The predicted octanol–water partition coefficient (Wildman–Crippen LogP) is 1.69. The van der Waals surface area contributed by atoms with Crippen molar-refractivity contribution in [2.75, 3.05) is 0 Å². The summed E-state index contributed by atoms with van der Waals surface area (Å²) < 4.78 is 1.56. The van der Waals surface area contributed by atoms with Gasteiger partial charge in [-0.2, -0.15) is 0 Å². The third-order valence-corrected chi connectivity index (χ3v) is 2.72. The molecule has 1 aromatic heterocycles. The van der Waals surface area contributed by atoms with Crippen LogP contribution in [0.4, 0.5) is 0 Å². The lowest BCUT2D eigenvalue weighted by Crippen LogP contribution is -2.21. The van der Waals surface area contributed by atoms with Crippen LogP contribution in [0, 0.1) is 0 Å². The van der Waals surface area contributed by atoms with Crippen molar-refractivity contribution in [2.45, 2.75) is 45.6 Å². The molecule has 1 aromatic rings. The molecule has 0 radical (unpaired) electrons. The van der Waals surface area contributed by atoms with E-state index in [1.807, 2.05) is 0 Å². The number of carbonyl (C=O) groups is 1. The van der Waals surface area contributed by atoms with E-state index >= 15 is 0 Å². The van der Waals surface area contributed by atoms with Gasteiger partial charge in [0.25, 0.3) is 0 Å². The first-order chi connectivity index (χ1) is 7.79. The summed E-state index contributed by atoms with van der Waals surface area (Å²) in [6, 6.07) is 0. The lowest BCUT2D eigenvalue weighted by atomic mass is 10.0. The maximum absolute atomic E-state index is 11.2. The van der Waals surface area contributed by atoms with Gasteiger partial charge in [0.1, 0.15) is 17.1 Å². The molecule has 17 heavy (non-hydrogen) atoms. The fourth-order valence-corrected chi connectivity index (χ4v) is 1.77. The molecule has 0 amide bonds. The van der Waals surface area contributed by atoms with Crippen molar-refractivity contribution in [1.29, 1.82) is 0 Å². The quantitative estimate of drug-likeness (QED) is 0.821. The number of imidazole rings is 1. The Balaban J connectivity index is 3.25. The number of hydrogen-bond donors (Lipinski definition) is 2. The van der Waals surface area contributed by atoms with Crippen LogP contribution < -0.4 is 0 Å². The van der Waals surface area contributed by atoms with E-state index in [-0.39, 0.29) is 11.4 Å². The van der Waals surface area contributed by atoms with Gasteiger partial charge in [-0.15, -0.1) is 0 Å². The second-order valence-corrected chi connectivity index (χ2v) is 4.75. The summed E-state index contributed by atoms with van der Waals surface area (Å²) in [6.45, 7) is 5.16. The molecule has 0 aliphatic heterocycles. The minimum Gasteiger partial charge on any atom is -0.477 e. The highest BCUT2D eigenvalue weighted by Crippen LogP contribution is 2.24. The molecule has 96 valence electrons. The first-order valence-electron chi connectivity index (χ1n) is 5.80. The lowest BCUT2D eigenvalue weighted by molar-refractivity contribution is 0.0603. The topological polar surface area (TPSA) is 75.3 Å². The summed E-state index contributed by atoms with van der Waals surface area (Å²) in [5.41, 5.74) is -0.933. The Bertz CT molecular complexity index is 416. The number of hydrogen-bond acceptors (Lipinski definition) is 3. The maximum atomic E-state index is 11.2. The van der Waals surface area contributed by atoms with E-state index in [9.17, 15) is 15.0 Å². The van der Waals surface area contributed by atoms with Crippen molar-refractivity contribution in [1.82, 2.24) is 9.55 Å². The number of aliphatic hydroxyl groups is 1. The second kappa shape index (κ2) is 4.87. The highest BCUT2D eigenvalue weighted by atomic mass is 16.4. The number of aryl methyl sites for hydroxylation is 1. The normalized spacial score (nSPS) is 11.8. The minimum atomic E-state index is -1.24. The number of aromatic carboxylic acids is 1. The molecule has 0 aliphatic carbocycles. The first-order valence-corrected chi connectivity index (χ1v) is 5.80. The Morgan fingerprint density at radius 2 is 2.06 bits per heavy atom. The van der Waals surface area contributed by atoms with Gasteiger partial charge in [-0.05, 0) is 20.3 Å². The lowest BCUT2D eigenvalue weighted by Gasteiger charge is -2.15. The van der Waals surface area contributed by atoms with E-state index in [1.165, 1.54) is 0 Å². The fourth-order valence-electron chi connectivity index (χ4n) is 1.77. The van der Waals surface area contributed by atoms with Gasteiger partial charge in [0, 0.05) is 13.5 Å². The smallest absolute Gasteiger partial charge is 0.354 e. The number of carboxylic acids is 1. The second-order valence-electron chi connectivity index (χ2n) is 4.75. The van der Waals surface area contributed by atoms with E-state index in [0.717, 1.165) is 19.3 Å². The van der Waals surface area contributed by atoms with Crippen LogP contribution in [0.15, 0.2) is 0 Å². The highest BCUT2D eigenvalue weighted by molar-refractivity contribution is 5.87. The first kappa shape index (κ1) is 13.7. The van der Waals surface area contributed by atoms with Crippen molar-refractivity contribution in [3.8, 4) is 0 Å². The summed E-state index contributed by atoms with van der Waals surface area (Å²) >= 11 is 0. The van der Waals surface area contributed by atoms with E-state index in [4.69, 9.17) is 0 Å². The molecular weight excluding hydrogens is 220 g/mol. The Kier molecular flexibility index (Phi) is 3.93. The molecule has 5 heteroatoms. The SMILES string of the molecule is CCCCc1nc(C(C)(C)O)c(C(=O)O)n1C. The van der Waals surface area contributed by atoms with Crippen molar-refractivity contribution < 1.29 is 15.0 Å². The van der Waals surface area contributed by atoms with Crippen LogP contribution in [0.25, 0.3) is 0 Å². The molecule has 1 heterocycles. The fraction of sp³-hybridized carbons (Fsp3) is 0.667. The minimum absolute atomic E-state index is 0.0728. The van der Waals surface area contributed by atoms with Crippen molar-refractivity contribution in [2.24, 2.45) is 7.05 Å². The van der Waals surface area contributed by atoms with Gasteiger partial charge < -0.3 is 14.8 Å². The van der Waals surface area contributed by atoms with Gasteiger partial charge in [0.05, 0.1) is 0 Å². The van der Waals surface area contributed by atoms with Gasteiger partial charge in [0.2, 0.25) is 0 Å². The predicted molar refractivity (Wildman–Crippen MR) is 64.0 cm³/mol. The van der Waals surface area contributed by atoms with Crippen molar-refractivity contribution in [3.05, 3.63) is 17.2 Å². The van der Waals surface area contributed by atoms with Crippen LogP contribution in [-0.2, 0) is 19.1 Å². The summed E-state index contributed by atoms with van der Waals surface area (Å²) in [5.74, 6) is -0.346. The van der Waals surface area contributed by atoms with E-state index in [1.54, 1.807) is 25.5 Å². The third kappa shape index (κ3) is 2.85. The zero-order valence-corrected chi connectivity index (χ0v) is 10.8. The molecule has 0 fully saturated rings. The third-order valence-electron chi connectivity index (χ3n) is 2.72. The summed E-state index contributed by atoms with van der Waals surface area (Å²) in [6.07, 6.45) is 2.70. The molecule has 0 bridgehead atoms. The number of carboxylic acid groups (broad SMARTS) is 1. The molecule has 0 saturated heterocycles. The Hall–Kier alpha value is -1.36. The molecule has 0 spiro atoms. The molecule has 0 aromatic carbocycles. The largest absolute Gasteiger partial charge is 0.477 e. The van der Waals surface area contributed by atoms with Gasteiger partial charge in [0.15, 0.2) is 5.69 Å². The zero-order chi connectivity index (χ0) is 13.2. The van der Waals surface area contributed by atoms with E-state index in [2.05, 4.69) is 11.9 Å². The summed E-state index contributed by atoms with van der Waals surface area (Å²) in [7, 11) is 1.68. The number of rotatable bonds is 5. The molecular formula is C12H20N2O3. The van der Waals surface area contributed by atoms with Gasteiger partial charge in [-0.1, -0.05) is 13.3 Å². The van der Waals surface area contributed by atoms with Crippen LogP contribution >= 0.6 is 0 Å². The summed E-state index contributed by atoms with van der Waals surface area (Å²) in [5, 5.41) is 19.1. The van der Waals surface area contributed by atoms with E-state index < -0.39 is 11.6 Å². The van der Waals surface area contributed by atoms with Crippen LogP contribution in [-0.4, -0.2) is 25.7 Å². The van der Waals surface area contributed by atoms with E-state index in [0.29, 0.717) is 5.82 Å². The Labute approximate surface area is 101 Å². The Morgan fingerprint density at radius 3 is 2.41 bits per heavy atom. The van der Waals surface area contributed by atoms with Gasteiger partial charge >= 0.3 is 5.97 Å². The maximum Gasteiger partial charge on any atom is 0.354 e. The van der Waals surface area contributed by atoms with Crippen LogP contribution in [0.2, 0.25) is 0 Å². The van der Waals surface area contributed by atoms with Crippen LogP contribution in [0.5, 0.6) is 0 Å². The molecule has 2 N–H and O–H groups in total. The molecule has 0 unspecified atom stereocenters. The number of aromatic nitrogens is 2. The molecule has 0 saturated carbocycles. The van der Waals surface area contributed by atoms with Crippen LogP contribution in [0.1, 0.15) is 55.6 Å². The zero-order valence-electron chi connectivity index (χ0n) is 10.8. The van der Waals surface area contributed by atoms with Crippen molar-refractivity contribution >= 4 is 5.97 Å². The monoisotopic (exact) mass is 240 g/mol. The number of nitrogens with zero attached hydrogens (tertiary/aromatic N) is 2.